The van der Waals surface area contributed by atoms with Crippen LogP contribution in [0.2, 0.25) is 0 Å². The predicted molar refractivity (Wildman–Crippen MR) is 159 cm³/mol. The van der Waals surface area contributed by atoms with Crippen molar-refractivity contribution in [1.82, 2.24) is 5.32 Å². The molecule has 0 bridgehead atoms. The summed E-state index contributed by atoms with van der Waals surface area (Å²) in [5.41, 5.74) is 5.58. The Bertz CT molecular complexity index is 1400. The van der Waals surface area contributed by atoms with Gasteiger partial charge in [0.25, 0.3) is 5.91 Å². The Hall–Kier alpha value is -3.77. The second kappa shape index (κ2) is 15.5. The maximum absolute atomic E-state index is 13.5. The molecule has 218 valence electrons. The summed E-state index contributed by atoms with van der Waals surface area (Å²) in [6, 6.07) is 15.0. The number of aryl methyl sites for hydroxylation is 3. The molecule has 4 rings (SSSR count). The summed E-state index contributed by atoms with van der Waals surface area (Å²) in [7, 11) is 1.58. The quantitative estimate of drug-likeness (QED) is 0.306. The molecule has 1 atom stereocenters. The number of hydrogen-bond donors (Lipinski definition) is 4. The number of aliphatic carboxylic acids is 1. The van der Waals surface area contributed by atoms with E-state index < -0.39 is 23.9 Å². The van der Waals surface area contributed by atoms with Gasteiger partial charge in [0.2, 0.25) is 0 Å². The van der Waals surface area contributed by atoms with Crippen molar-refractivity contribution >= 4 is 29.3 Å². The van der Waals surface area contributed by atoms with E-state index in [4.69, 9.17) is 4.74 Å². The molecule has 0 unspecified atom stereocenters. The first-order valence-electron chi connectivity index (χ1n) is 13.6. The fourth-order valence-corrected chi connectivity index (χ4v) is 5.61. The summed E-state index contributed by atoms with van der Waals surface area (Å²) < 4.78 is 5.52. The van der Waals surface area contributed by atoms with E-state index in [-0.39, 0.29) is 41.5 Å². The van der Waals surface area contributed by atoms with Gasteiger partial charge in [-0.1, -0.05) is 61.2 Å². The van der Waals surface area contributed by atoms with E-state index >= 15 is 0 Å². The van der Waals surface area contributed by atoms with Crippen LogP contribution in [0.25, 0.3) is 11.1 Å². The molecule has 5 N–H and O–H groups in total. The predicted octanol–water partition coefficient (Wildman–Crippen LogP) is 3.52. The number of hydrogen-bond acceptors (Lipinski definition) is 5. The van der Waals surface area contributed by atoms with Crippen molar-refractivity contribution in [2.24, 2.45) is 5.92 Å². The first-order valence-corrected chi connectivity index (χ1v) is 13.6. The summed E-state index contributed by atoms with van der Waals surface area (Å²) in [6.07, 6.45) is 4.48. The number of methoxy groups -OCH3 is 1. The second-order valence-electron chi connectivity index (χ2n) is 10.5. The van der Waals surface area contributed by atoms with E-state index in [1.54, 1.807) is 25.3 Å². The second-order valence-corrected chi connectivity index (χ2v) is 10.5. The number of nitrogens with one attached hydrogen (secondary N) is 3. The Kier molecular flexibility index (Phi) is 12.7. The number of urea groups is 1. The Morgan fingerprint density at radius 2 is 1.55 bits per heavy atom. The fraction of sp³-hybridized carbons (Fsp3) is 0.344. The Morgan fingerprint density at radius 3 is 2.17 bits per heavy atom. The van der Waals surface area contributed by atoms with Gasteiger partial charge in [0, 0.05) is 11.3 Å². The number of carboxylic acids is 1. The average Bonchev–Trinajstić information content (AvgIpc) is 2.93. The van der Waals surface area contributed by atoms with E-state index in [1.165, 1.54) is 0 Å². The molecule has 0 spiro atoms. The molecule has 0 aromatic heterocycles. The van der Waals surface area contributed by atoms with Gasteiger partial charge in [-0.25, -0.2) is 9.59 Å². The molecule has 42 heavy (non-hydrogen) atoms. The number of carbonyl (C=O) groups is 3. The van der Waals surface area contributed by atoms with Crippen molar-refractivity contribution in [2.75, 3.05) is 17.7 Å². The maximum Gasteiger partial charge on any atom is 1.00 e. The number of amides is 3. The monoisotopic (exact) mass is 567 g/mol. The van der Waals surface area contributed by atoms with Gasteiger partial charge in [-0.2, -0.15) is 0 Å². The van der Waals surface area contributed by atoms with Gasteiger partial charge >= 0.3 is 30.9 Å². The van der Waals surface area contributed by atoms with Crippen LogP contribution in [0.5, 0.6) is 5.75 Å². The third-order valence-electron chi connectivity index (χ3n) is 7.52. The van der Waals surface area contributed by atoms with E-state index in [0.717, 1.165) is 59.9 Å². The molecule has 3 amide bonds. The van der Waals surface area contributed by atoms with Gasteiger partial charge < -0.3 is 31.3 Å². The van der Waals surface area contributed by atoms with Gasteiger partial charge in [0.1, 0.15) is 11.8 Å². The SMILES string of the molecule is COc1ccccc1-c1ccc(C(=O)N[C@H](C(=O)O)C2CCCCC2)c(NC(=O)Nc2c(C)cc(C)cc2C)c1.[Li+].[OH-]. The molecule has 0 heterocycles. The van der Waals surface area contributed by atoms with E-state index in [2.05, 4.69) is 16.0 Å². The molecule has 1 saturated carbocycles. The van der Waals surface area contributed by atoms with Crippen molar-refractivity contribution in [3.8, 4) is 16.9 Å². The van der Waals surface area contributed by atoms with Crippen molar-refractivity contribution in [3.63, 3.8) is 0 Å². The summed E-state index contributed by atoms with van der Waals surface area (Å²) in [5, 5.41) is 18.4. The molecule has 3 aromatic rings. The number of carboxylic acid groups (broad SMARTS) is 1. The zero-order chi connectivity index (χ0) is 28.8. The van der Waals surface area contributed by atoms with Gasteiger partial charge in [-0.3, -0.25) is 4.79 Å². The van der Waals surface area contributed by atoms with Gasteiger partial charge in [-0.15, -0.1) is 0 Å². The van der Waals surface area contributed by atoms with Crippen LogP contribution in [-0.4, -0.2) is 41.6 Å². The number of para-hydroxylation sites is 1. The van der Waals surface area contributed by atoms with Gasteiger partial charge in [-0.05, 0) is 74.4 Å². The minimum atomic E-state index is -1.05. The number of anilines is 2. The first-order chi connectivity index (χ1) is 19.2. The number of rotatable bonds is 8. The molecule has 0 aliphatic heterocycles. The molecule has 1 fully saturated rings. The van der Waals surface area contributed by atoms with Crippen LogP contribution in [0.15, 0.2) is 54.6 Å². The van der Waals surface area contributed by atoms with Crippen molar-refractivity contribution in [2.45, 2.75) is 58.9 Å². The van der Waals surface area contributed by atoms with Crippen LogP contribution < -0.4 is 39.5 Å². The van der Waals surface area contributed by atoms with Gasteiger partial charge in [0.05, 0.1) is 18.4 Å². The molecule has 10 heteroatoms. The van der Waals surface area contributed by atoms with Crippen LogP contribution in [0.4, 0.5) is 16.2 Å². The summed E-state index contributed by atoms with van der Waals surface area (Å²) in [5.74, 6) is -1.09. The topological polar surface area (TPSA) is 147 Å². The molecule has 9 nitrogen and oxygen atoms in total. The van der Waals surface area contributed by atoms with E-state index in [1.807, 2.05) is 57.2 Å². The molecular formula is C32H38LiN3O6. The van der Waals surface area contributed by atoms with Crippen molar-refractivity contribution < 1.29 is 48.6 Å². The largest absolute Gasteiger partial charge is 1.00 e. The average molecular weight is 568 g/mol. The fourth-order valence-electron chi connectivity index (χ4n) is 5.61. The van der Waals surface area contributed by atoms with Crippen LogP contribution in [-0.2, 0) is 4.79 Å². The summed E-state index contributed by atoms with van der Waals surface area (Å²) >= 11 is 0. The summed E-state index contributed by atoms with van der Waals surface area (Å²) in [4.78, 5) is 38.9. The molecule has 3 aromatic carbocycles. The van der Waals surface area contributed by atoms with Crippen molar-refractivity contribution in [3.05, 3.63) is 76.9 Å². The van der Waals surface area contributed by atoms with Crippen molar-refractivity contribution in [1.29, 1.82) is 0 Å². The van der Waals surface area contributed by atoms with Crippen LogP contribution in [0.1, 0.15) is 59.2 Å². The minimum Gasteiger partial charge on any atom is -0.870 e. The zero-order valence-corrected chi connectivity index (χ0v) is 24.9. The van der Waals surface area contributed by atoms with Crippen LogP contribution in [0, 0.1) is 26.7 Å². The van der Waals surface area contributed by atoms with E-state index in [9.17, 15) is 19.5 Å². The maximum atomic E-state index is 13.5. The molecule has 1 aliphatic rings. The van der Waals surface area contributed by atoms with Crippen LogP contribution in [0.3, 0.4) is 0 Å². The molecule has 0 radical (unpaired) electrons. The minimum absolute atomic E-state index is 0. The first kappa shape index (κ1) is 34.4. The normalized spacial score (nSPS) is 13.5. The van der Waals surface area contributed by atoms with E-state index in [0.29, 0.717) is 11.4 Å². The Morgan fingerprint density at radius 1 is 0.905 bits per heavy atom. The summed E-state index contributed by atoms with van der Waals surface area (Å²) in [6.45, 7) is 5.85. The third-order valence-corrected chi connectivity index (χ3v) is 7.52. The van der Waals surface area contributed by atoms with Crippen LogP contribution >= 0.6 is 0 Å². The molecular weight excluding hydrogens is 529 g/mol. The molecule has 1 aliphatic carbocycles. The Balaban J connectivity index is 0.00000308. The number of benzene rings is 3. The third kappa shape index (κ3) is 8.16. The molecule has 0 saturated heterocycles. The number of carbonyl (C=O) groups excluding carboxylic acids is 2. The standard InChI is InChI=1S/C32H37N3O5.Li.H2O/c1-19-16-20(2)28(21(3)17-19)35-32(39)33-26-18-23(24-12-8-9-13-27(24)40-4)14-15-25(26)30(36)34-29(31(37)38)22-10-6-5-7-11-22;;/h8-9,12-18,22,29H,5-7,10-11H2,1-4H3,(H,34,36)(H,37,38)(H2,33,35,39);;1H2/q;+1;/p-1/t29-;;/m0../s1. The smallest absolute Gasteiger partial charge is 0.870 e. The zero-order valence-electron chi connectivity index (χ0n) is 24.9. The number of ether oxygens (including phenoxy) is 1. The van der Waals surface area contributed by atoms with Gasteiger partial charge in [0.15, 0.2) is 0 Å². The Labute approximate surface area is 258 Å².